The minimum atomic E-state index is -0.363. The molecule has 2 aromatic carbocycles. The molecule has 0 bridgehead atoms. The minimum absolute atomic E-state index is 0.363. The molecule has 112 valence electrons. The lowest BCUT2D eigenvalue weighted by Crippen LogP contribution is -2.14. The van der Waals surface area contributed by atoms with E-state index in [1.54, 1.807) is 33.5 Å². The highest BCUT2D eigenvalue weighted by Crippen LogP contribution is 2.39. The molecule has 2 aromatic rings. The summed E-state index contributed by atoms with van der Waals surface area (Å²) in [7, 11) is 4.80. The molecule has 0 radical (unpaired) electrons. The van der Waals surface area contributed by atoms with Crippen LogP contribution in [0.2, 0.25) is 0 Å². The van der Waals surface area contributed by atoms with Crippen molar-refractivity contribution in [2.24, 2.45) is 5.73 Å². The Bertz CT molecular complexity index is 606. The number of nitrogens with two attached hydrogens (primary N) is 1. The molecule has 2 rings (SSSR count). The van der Waals surface area contributed by atoms with Crippen LogP contribution < -0.4 is 19.9 Å². The van der Waals surface area contributed by atoms with Gasteiger partial charge in [-0.2, -0.15) is 0 Å². The van der Waals surface area contributed by atoms with E-state index < -0.39 is 0 Å². The lowest BCUT2D eigenvalue weighted by Gasteiger charge is -2.20. The van der Waals surface area contributed by atoms with Crippen molar-refractivity contribution in [1.82, 2.24) is 0 Å². The molecule has 4 nitrogen and oxygen atoms in total. The van der Waals surface area contributed by atoms with Crippen LogP contribution in [0.3, 0.4) is 0 Å². The molecule has 0 saturated carbocycles. The molecule has 1 unspecified atom stereocenters. The number of halogens is 1. The van der Waals surface area contributed by atoms with Gasteiger partial charge in [-0.05, 0) is 17.7 Å². The summed E-state index contributed by atoms with van der Waals surface area (Å²) >= 11 is 3.46. The van der Waals surface area contributed by atoms with Crippen LogP contribution in [0.15, 0.2) is 40.9 Å². The third kappa shape index (κ3) is 3.31. The molecule has 2 N–H and O–H groups in total. The summed E-state index contributed by atoms with van der Waals surface area (Å²) in [4.78, 5) is 0. The maximum Gasteiger partial charge on any atom is 0.131 e. The van der Waals surface area contributed by atoms with Crippen LogP contribution in [0.4, 0.5) is 0 Å². The van der Waals surface area contributed by atoms with Crippen LogP contribution in [0, 0.1) is 0 Å². The van der Waals surface area contributed by atoms with Crippen LogP contribution >= 0.6 is 15.9 Å². The van der Waals surface area contributed by atoms with Crippen LogP contribution in [0.1, 0.15) is 17.2 Å². The fourth-order valence-electron chi connectivity index (χ4n) is 2.21. The summed E-state index contributed by atoms with van der Waals surface area (Å²) in [6.45, 7) is 0. The SMILES string of the molecule is COc1cc(OC)c(C(N)c2cccc(Br)c2)c(OC)c1. The maximum atomic E-state index is 6.41. The van der Waals surface area contributed by atoms with Crippen molar-refractivity contribution in [3.05, 3.63) is 52.0 Å². The Labute approximate surface area is 132 Å². The molecular formula is C16H18BrNO3. The molecule has 0 aliphatic heterocycles. The Balaban J connectivity index is 2.55. The fraction of sp³-hybridized carbons (Fsp3) is 0.250. The number of hydrogen-bond donors (Lipinski definition) is 1. The lowest BCUT2D eigenvalue weighted by molar-refractivity contribution is 0.366. The van der Waals surface area contributed by atoms with Crippen molar-refractivity contribution in [2.45, 2.75) is 6.04 Å². The zero-order valence-corrected chi connectivity index (χ0v) is 13.8. The largest absolute Gasteiger partial charge is 0.496 e. The Morgan fingerprint density at radius 3 is 2.05 bits per heavy atom. The van der Waals surface area contributed by atoms with E-state index in [1.807, 2.05) is 24.3 Å². The van der Waals surface area contributed by atoms with E-state index >= 15 is 0 Å². The average Bonchev–Trinajstić information content (AvgIpc) is 2.52. The first-order chi connectivity index (χ1) is 10.1. The quantitative estimate of drug-likeness (QED) is 0.895. The van der Waals surface area contributed by atoms with Gasteiger partial charge in [-0.1, -0.05) is 28.1 Å². The van der Waals surface area contributed by atoms with Crippen molar-refractivity contribution in [1.29, 1.82) is 0 Å². The van der Waals surface area contributed by atoms with Gasteiger partial charge in [-0.25, -0.2) is 0 Å². The highest BCUT2D eigenvalue weighted by molar-refractivity contribution is 9.10. The van der Waals surface area contributed by atoms with Gasteiger partial charge in [-0.3, -0.25) is 0 Å². The Hall–Kier alpha value is -1.72. The average molecular weight is 352 g/mol. The topological polar surface area (TPSA) is 53.7 Å². The number of hydrogen-bond acceptors (Lipinski definition) is 4. The fourth-order valence-corrected chi connectivity index (χ4v) is 2.62. The molecular weight excluding hydrogens is 334 g/mol. The third-order valence-electron chi connectivity index (χ3n) is 3.27. The van der Waals surface area contributed by atoms with E-state index in [-0.39, 0.29) is 6.04 Å². The van der Waals surface area contributed by atoms with E-state index in [2.05, 4.69) is 15.9 Å². The maximum absolute atomic E-state index is 6.41. The molecule has 0 amide bonds. The molecule has 0 aliphatic carbocycles. The Morgan fingerprint density at radius 1 is 0.952 bits per heavy atom. The van der Waals surface area contributed by atoms with Crippen molar-refractivity contribution in [3.8, 4) is 17.2 Å². The standard InChI is InChI=1S/C16H18BrNO3/c1-19-12-8-13(20-2)15(14(9-12)21-3)16(18)10-5-4-6-11(17)7-10/h4-9,16H,18H2,1-3H3. The van der Waals surface area contributed by atoms with Crippen LogP contribution in [0.25, 0.3) is 0 Å². The molecule has 0 spiro atoms. The summed E-state index contributed by atoms with van der Waals surface area (Å²) in [5.41, 5.74) is 8.16. The predicted octanol–water partition coefficient (Wildman–Crippen LogP) is 3.52. The van der Waals surface area contributed by atoms with Gasteiger partial charge in [0.2, 0.25) is 0 Å². The van der Waals surface area contributed by atoms with Crippen LogP contribution in [0.5, 0.6) is 17.2 Å². The van der Waals surface area contributed by atoms with Gasteiger partial charge in [0, 0.05) is 16.6 Å². The van der Waals surface area contributed by atoms with Crippen molar-refractivity contribution >= 4 is 15.9 Å². The number of ether oxygens (including phenoxy) is 3. The van der Waals surface area contributed by atoms with E-state index in [1.165, 1.54) is 0 Å². The highest BCUT2D eigenvalue weighted by atomic mass is 79.9. The second-order valence-electron chi connectivity index (χ2n) is 4.48. The van der Waals surface area contributed by atoms with Gasteiger partial charge in [-0.15, -0.1) is 0 Å². The molecule has 0 fully saturated rings. The summed E-state index contributed by atoms with van der Waals surface area (Å²) < 4.78 is 17.1. The van der Waals surface area contributed by atoms with Gasteiger partial charge in [0.05, 0.1) is 32.9 Å². The third-order valence-corrected chi connectivity index (χ3v) is 3.77. The van der Waals surface area contributed by atoms with Crippen molar-refractivity contribution in [3.63, 3.8) is 0 Å². The zero-order valence-electron chi connectivity index (χ0n) is 12.2. The number of benzene rings is 2. The molecule has 0 aliphatic rings. The molecule has 0 heterocycles. The summed E-state index contributed by atoms with van der Waals surface area (Å²) in [6, 6.07) is 11.1. The van der Waals surface area contributed by atoms with Crippen molar-refractivity contribution < 1.29 is 14.2 Å². The highest BCUT2D eigenvalue weighted by Gasteiger charge is 2.21. The van der Waals surface area contributed by atoms with E-state index in [9.17, 15) is 0 Å². The van der Waals surface area contributed by atoms with Gasteiger partial charge >= 0.3 is 0 Å². The first-order valence-electron chi connectivity index (χ1n) is 6.41. The van der Waals surface area contributed by atoms with Gasteiger partial charge in [0.15, 0.2) is 0 Å². The Morgan fingerprint density at radius 2 is 1.57 bits per heavy atom. The minimum Gasteiger partial charge on any atom is -0.496 e. The number of rotatable bonds is 5. The molecule has 1 atom stereocenters. The molecule has 21 heavy (non-hydrogen) atoms. The van der Waals surface area contributed by atoms with Crippen molar-refractivity contribution in [2.75, 3.05) is 21.3 Å². The summed E-state index contributed by atoms with van der Waals surface area (Å²) in [5, 5.41) is 0. The zero-order chi connectivity index (χ0) is 15.4. The lowest BCUT2D eigenvalue weighted by atomic mass is 9.97. The van der Waals surface area contributed by atoms with Crippen LogP contribution in [-0.2, 0) is 0 Å². The first kappa shape index (κ1) is 15.7. The second-order valence-corrected chi connectivity index (χ2v) is 5.39. The van der Waals surface area contributed by atoms with E-state index in [0.717, 1.165) is 15.6 Å². The molecule has 5 heteroatoms. The van der Waals surface area contributed by atoms with Gasteiger partial charge in [0.25, 0.3) is 0 Å². The van der Waals surface area contributed by atoms with Crippen LogP contribution in [-0.4, -0.2) is 21.3 Å². The summed E-state index contributed by atoms with van der Waals surface area (Å²) in [6.07, 6.45) is 0. The van der Waals surface area contributed by atoms with Gasteiger partial charge in [0.1, 0.15) is 17.2 Å². The first-order valence-corrected chi connectivity index (χ1v) is 7.21. The van der Waals surface area contributed by atoms with Gasteiger partial charge < -0.3 is 19.9 Å². The monoisotopic (exact) mass is 351 g/mol. The Kier molecular flexibility index (Phi) is 5.09. The smallest absolute Gasteiger partial charge is 0.131 e. The predicted molar refractivity (Wildman–Crippen MR) is 86.3 cm³/mol. The second kappa shape index (κ2) is 6.83. The molecule has 0 saturated heterocycles. The van der Waals surface area contributed by atoms with E-state index in [4.69, 9.17) is 19.9 Å². The summed E-state index contributed by atoms with van der Waals surface area (Å²) in [5.74, 6) is 1.94. The number of methoxy groups -OCH3 is 3. The normalized spacial score (nSPS) is 11.9. The van der Waals surface area contributed by atoms with E-state index in [0.29, 0.717) is 17.2 Å². The molecule has 0 aromatic heterocycles.